The van der Waals surface area contributed by atoms with Gasteiger partial charge >= 0.3 is 6.61 Å². The summed E-state index contributed by atoms with van der Waals surface area (Å²) in [7, 11) is 0. The largest absolute Gasteiger partial charge is 0.434 e. The minimum absolute atomic E-state index is 0.0304. The molecule has 0 spiro atoms. The van der Waals surface area contributed by atoms with Gasteiger partial charge in [0.2, 0.25) is 5.91 Å². The van der Waals surface area contributed by atoms with Gasteiger partial charge in [0.25, 0.3) is 5.56 Å². The summed E-state index contributed by atoms with van der Waals surface area (Å²) in [5, 5.41) is 2.98. The zero-order valence-electron chi connectivity index (χ0n) is 14.1. The van der Waals surface area contributed by atoms with Gasteiger partial charge in [0.05, 0.1) is 17.2 Å². The molecule has 1 amide bonds. The lowest BCUT2D eigenvalue weighted by molar-refractivity contribution is -0.116. The van der Waals surface area contributed by atoms with Gasteiger partial charge in [0.15, 0.2) is 0 Å². The van der Waals surface area contributed by atoms with Crippen molar-refractivity contribution >= 4 is 38.4 Å². The summed E-state index contributed by atoms with van der Waals surface area (Å²) in [6, 6.07) is 9.53. The van der Waals surface area contributed by atoms with Crippen LogP contribution in [0.5, 0.6) is 5.75 Å². The second-order valence-corrected chi connectivity index (χ2v) is 6.61. The molecule has 0 radical (unpaired) electrons. The number of alkyl halides is 2. The van der Waals surface area contributed by atoms with E-state index in [9.17, 15) is 18.4 Å². The van der Waals surface area contributed by atoms with E-state index in [0.29, 0.717) is 22.2 Å². The Kier molecular flexibility index (Phi) is 5.50. The van der Waals surface area contributed by atoms with Crippen molar-refractivity contribution in [2.24, 2.45) is 0 Å². The molecular weight excluding hydrogens is 424 g/mol. The molecule has 0 atom stereocenters. The second kappa shape index (κ2) is 7.83. The number of anilines is 1. The van der Waals surface area contributed by atoms with Crippen LogP contribution in [0.25, 0.3) is 10.9 Å². The van der Waals surface area contributed by atoms with E-state index in [1.165, 1.54) is 23.0 Å². The first kappa shape index (κ1) is 19.0. The maximum Gasteiger partial charge on any atom is 0.387 e. The molecule has 0 unspecified atom stereocenters. The number of hydrogen-bond donors (Lipinski definition) is 1. The van der Waals surface area contributed by atoms with Crippen LogP contribution >= 0.6 is 15.9 Å². The molecule has 1 N–H and O–H groups in total. The van der Waals surface area contributed by atoms with Crippen molar-refractivity contribution in [3.05, 3.63) is 63.1 Å². The standard InChI is InChI=1S/C18H14BrF2N3O3/c1-10-13(3-2-4-15(10)27-18(20)21)23-16(25)8-24-9-22-14-6-5-11(19)7-12(14)17(24)26/h2-7,9,18H,8H2,1H3,(H,23,25). The molecule has 6 nitrogen and oxygen atoms in total. The quantitative estimate of drug-likeness (QED) is 0.660. The summed E-state index contributed by atoms with van der Waals surface area (Å²) in [5.74, 6) is -0.525. The molecule has 140 valence electrons. The maximum atomic E-state index is 12.5. The van der Waals surface area contributed by atoms with E-state index < -0.39 is 12.5 Å². The minimum atomic E-state index is -2.96. The third-order valence-corrected chi connectivity index (χ3v) is 4.37. The number of fused-ring (bicyclic) bond motifs is 1. The average molecular weight is 438 g/mol. The summed E-state index contributed by atoms with van der Waals surface area (Å²) in [6.07, 6.45) is 1.29. The summed E-state index contributed by atoms with van der Waals surface area (Å²) in [4.78, 5) is 29.0. The van der Waals surface area contributed by atoms with Crippen LogP contribution in [-0.4, -0.2) is 22.1 Å². The average Bonchev–Trinajstić information content (AvgIpc) is 2.61. The van der Waals surface area contributed by atoms with Gasteiger partial charge in [0, 0.05) is 15.7 Å². The molecule has 3 rings (SSSR count). The van der Waals surface area contributed by atoms with Gasteiger partial charge in [-0.05, 0) is 37.3 Å². The Bertz CT molecular complexity index is 1070. The van der Waals surface area contributed by atoms with E-state index in [1.54, 1.807) is 31.2 Å². The number of nitrogens with one attached hydrogen (secondary N) is 1. The third-order valence-electron chi connectivity index (χ3n) is 3.87. The Balaban J connectivity index is 1.82. The lowest BCUT2D eigenvalue weighted by Gasteiger charge is -2.13. The van der Waals surface area contributed by atoms with E-state index in [-0.39, 0.29) is 17.9 Å². The number of rotatable bonds is 5. The number of nitrogens with zero attached hydrogens (tertiary/aromatic N) is 2. The van der Waals surface area contributed by atoms with Crippen LogP contribution in [0.1, 0.15) is 5.56 Å². The summed E-state index contributed by atoms with van der Waals surface area (Å²) in [6.45, 7) is -1.68. The van der Waals surface area contributed by atoms with Gasteiger partial charge in [-0.2, -0.15) is 8.78 Å². The fourth-order valence-corrected chi connectivity index (χ4v) is 2.92. The van der Waals surface area contributed by atoms with Crippen molar-refractivity contribution in [3.63, 3.8) is 0 Å². The van der Waals surface area contributed by atoms with E-state index in [1.807, 2.05) is 0 Å². The van der Waals surface area contributed by atoms with Crippen LogP contribution < -0.4 is 15.6 Å². The molecule has 0 aliphatic rings. The number of amides is 1. The molecule has 1 heterocycles. The third kappa shape index (κ3) is 4.30. The van der Waals surface area contributed by atoms with E-state index in [4.69, 9.17) is 0 Å². The highest BCUT2D eigenvalue weighted by molar-refractivity contribution is 9.10. The van der Waals surface area contributed by atoms with Gasteiger partial charge < -0.3 is 10.1 Å². The molecule has 1 aromatic heterocycles. The van der Waals surface area contributed by atoms with Gasteiger partial charge in [-0.15, -0.1) is 0 Å². The van der Waals surface area contributed by atoms with Gasteiger partial charge in [-0.25, -0.2) is 4.98 Å². The predicted molar refractivity (Wildman–Crippen MR) is 100 cm³/mol. The molecule has 0 saturated heterocycles. The van der Waals surface area contributed by atoms with Gasteiger partial charge in [-0.3, -0.25) is 14.2 Å². The summed E-state index contributed by atoms with van der Waals surface area (Å²) < 4.78 is 31.2. The Labute approximate surface area is 160 Å². The first-order valence-corrected chi connectivity index (χ1v) is 8.63. The van der Waals surface area contributed by atoms with E-state index in [2.05, 4.69) is 31.0 Å². The van der Waals surface area contributed by atoms with Crippen LogP contribution in [0.15, 0.2) is 52.0 Å². The van der Waals surface area contributed by atoms with Gasteiger partial charge in [-0.1, -0.05) is 22.0 Å². The number of halogens is 3. The summed E-state index contributed by atoms with van der Waals surface area (Å²) in [5.41, 5.74) is 0.845. The predicted octanol–water partition coefficient (Wildman–Crippen LogP) is 3.71. The summed E-state index contributed by atoms with van der Waals surface area (Å²) >= 11 is 3.30. The molecule has 0 aliphatic heterocycles. The highest BCUT2D eigenvalue weighted by Crippen LogP contribution is 2.26. The molecule has 0 aliphatic carbocycles. The van der Waals surface area contributed by atoms with Crippen molar-refractivity contribution in [2.75, 3.05) is 5.32 Å². The smallest absolute Gasteiger partial charge is 0.387 e. The lowest BCUT2D eigenvalue weighted by atomic mass is 10.2. The molecule has 0 bridgehead atoms. The second-order valence-electron chi connectivity index (χ2n) is 5.69. The number of hydrogen-bond acceptors (Lipinski definition) is 4. The fourth-order valence-electron chi connectivity index (χ4n) is 2.56. The van der Waals surface area contributed by atoms with Crippen molar-refractivity contribution in [2.45, 2.75) is 20.1 Å². The zero-order chi connectivity index (χ0) is 19.6. The molecule has 0 saturated carbocycles. The topological polar surface area (TPSA) is 73.2 Å². The zero-order valence-corrected chi connectivity index (χ0v) is 15.7. The van der Waals surface area contributed by atoms with E-state index >= 15 is 0 Å². The molecule has 3 aromatic rings. The maximum absolute atomic E-state index is 12.5. The molecule has 9 heteroatoms. The monoisotopic (exact) mass is 437 g/mol. The first-order chi connectivity index (χ1) is 12.8. The molecule has 2 aromatic carbocycles. The number of carbonyl (C=O) groups is 1. The van der Waals surface area contributed by atoms with Crippen molar-refractivity contribution < 1.29 is 18.3 Å². The Morgan fingerprint density at radius 2 is 2.11 bits per heavy atom. The number of aromatic nitrogens is 2. The van der Waals surface area contributed by atoms with Crippen LogP contribution in [0.3, 0.4) is 0 Å². The molecule has 27 heavy (non-hydrogen) atoms. The first-order valence-electron chi connectivity index (χ1n) is 7.84. The van der Waals surface area contributed by atoms with Crippen LogP contribution in [0.2, 0.25) is 0 Å². The van der Waals surface area contributed by atoms with E-state index in [0.717, 1.165) is 4.47 Å². The Morgan fingerprint density at radius 1 is 1.33 bits per heavy atom. The molecular formula is C18H14BrF2N3O3. The van der Waals surface area contributed by atoms with Crippen LogP contribution in [0.4, 0.5) is 14.5 Å². The van der Waals surface area contributed by atoms with Crippen molar-refractivity contribution in [1.82, 2.24) is 9.55 Å². The molecule has 0 fully saturated rings. The Morgan fingerprint density at radius 3 is 2.85 bits per heavy atom. The number of carbonyl (C=O) groups excluding carboxylic acids is 1. The van der Waals surface area contributed by atoms with Crippen LogP contribution in [-0.2, 0) is 11.3 Å². The SMILES string of the molecule is Cc1c(NC(=O)Cn2cnc3ccc(Br)cc3c2=O)cccc1OC(F)F. The highest BCUT2D eigenvalue weighted by Gasteiger charge is 2.13. The normalized spacial score (nSPS) is 11.0. The van der Waals surface area contributed by atoms with Crippen LogP contribution in [0, 0.1) is 6.92 Å². The van der Waals surface area contributed by atoms with Crippen molar-refractivity contribution in [1.29, 1.82) is 0 Å². The minimum Gasteiger partial charge on any atom is -0.434 e. The Hall–Kier alpha value is -2.81. The number of benzene rings is 2. The van der Waals surface area contributed by atoms with Gasteiger partial charge in [0.1, 0.15) is 12.3 Å². The fraction of sp³-hybridized carbons (Fsp3) is 0.167. The number of ether oxygens (including phenoxy) is 1. The highest BCUT2D eigenvalue weighted by atomic mass is 79.9. The lowest BCUT2D eigenvalue weighted by Crippen LogP contribution is -2.28. The van der Waals surface area contributed by atoms with Crippen molar-refractivity contribution in [3.8, 4) is 5.75 Å².